The fourth-order valence-corrected chi connectivity index (χ4v) is 3.16. The standard InChI is InChI=1S/C26H24N4O4/c1-2-33-25-14-19(8-13-24(25)31)16-27-30-26(32)23-15-22(28-29-23)20-9-11-21(12-10-20)34-17-18-6-4-3-5-7-18/h3-16,31H,2,17H2,1H3,(H,28,29)(H,30,32)/b27-16+. The molecule has 4 rings (SSSR count). The van der Waals surface area contributed by atoms with Crippen molar-refractivity contribution in [2.24, 2.45) is 5.10 Å². The summed E-state index contributed by atoms with van der Waals surface area (Å²) in [6.45, 7) is 2.74. The molecule has 34 heavy (non-hydrogen) atoms. The van der Waals surface area contributed by atoms with E-state index in [0.717, 1.165) is 16.9 Å². The molecule has 0 fully saturated rings. The van der Waals surface area contributed by atoms with Crippen LogP contribution in [0.1, 0.15) is 28.5 Å². The molecule has 0 aliphatic heterocycles. The van der Waals surface area contributed by atoms with Gasteiger partial charge in [-0.05, 0) is 66.6 Å². The maximum atomic E-state index is 12.4. The number of H-pyrrole nitrogens is 1. The topological polar surface area (TPSA) is 109 Å². The lowest BCUT2D eigenvalue weighted by atomic mass is 10.1. The van der Waals surface area contributed by atoms with E-state index in [4.69, 9.17) is 9.47 Å². The molecule has 172 valence electrons. The Kier molecular flexibility index (Phi) is 7.19. The molecule has 0 aliphatic carbocycles. The summed E-state index contributed by atoms with van der Waals surface area (Å²) in [7, 11) is 0. The van der Waals surface area contributed by atoms with E-state index in [0.29, 0.717) is 30.2 Å². The van der Waals surface area contributed by atoms with Crippen LogP contribution < -0.4 is 14.9 Å². The highest BCUT2D eigenvalue weighted by Crippen LogP contribution is 2.26. The number of aromatic nitrogens is 2. The molecule has 3 aromatic carbocycles. The Morgan fingerprint density at radius 3 is 2.62 bits per heavy atom. The minimum absolute atomic E-state index is 0.0452. The second kappa shape index (κ2) is 10.8. The van der Waals surface area contributed by atoms with Crippen LogP contribution in [0.3, 0.4) is 0 Å². The van der Waals surface area contributed by atoms with Crippen LogP contribution in [0.4, 0.5) is 0 Å². The van der Waals surface area contributed by atoms with Crippen molar-refractivity contribution in [1.29, 1.82) is 0 Å². The third kappa shape index (κ3) is 5.80. The van der Waals surface area contributed by atoms with Gasteiger partial charge in [0, 0.05) is 5.56 Å². The van der Waals surface area contributed by atoms with Gasteiger partial charge in [0.2, 0.25) is 0 Å². The molecule has 1 aromatic heterocycles. The number of nitrogens with zero attached hydrogens (tertiary/aromatic N) is 2. The van der Waals surface area contributed by atoms with E-state index < -0.39 is 5.91 Å². The molecular weight excluding hydrogens is 432 g/mol. The van der Waals surface area contributed by atoms with Gasteiger partial charge in [-0.2, -0.15) is 10.2 Å². The smallest absolute Gasteiger partial charge is 0.289 e. The number of carbonyl (C=O) groups is 1. The van der Waals surface area contributed by atoms with Gasteiger partial charge in [0.25, 0.3) is 5.91 Å². The number of hydrogen-bond donors (Lipinski definition) is 3. The normalized spacial score (nSPS) is 10.9. The number of hydrogen-bond acceptors (Lipinski definition) is 6. The summed E-state index contributed by atoms with van der Waals surface area (Å²) in [5.41, 5.74) is 5.97. The predicted octanol–water partition coefficient (Wildman–Crippen LogP) is 4.52. The Labute approximate surface area is 196 Å². The van der Waals surface area contributed by atoms with Crippen LogP contribution in [0.15, 0.2) is 84.0 Å². The number of phenolic OH excluding ortho intramolecular Hbond substituents is 1. The van der Waals surface area contributed by atoms with Gasteiger partial charge in [-0.1, -0.05) is 30.3 Å². The Bertz CT molecular complexity index is 1270. The molecule has 3 N–H and O–H groups in total. The summed E-state index contributed by atoms with van der Waals surface area (Å²) >= 11 is 0. The van der Waals surface area contributed by atoms with Gasteiger partial charge in [0.05, 0.1) is 18.5 Å². The average Bonchev–Trinajstić information content (AvgIpc) is 3.36. The largest absolute Gasteiger partial charge is 0.504 e. The number of benzene rings is 3. The van der Waals surface area contributed by atoms with Crippen LogP contribution in [0.2, 0.25) is 0 Å². The van der Waals surface area contributed by atoms with Crippen molar-refractivity contribution in [2.45, 2.75) is 13.5 Å². The lowest BCUT2D eigenvalue weighted by Gasteiger charge is -2.06. The highest BCUT2D eigenvalue weighted by Gasteiger charge is 2.11. The number of rotatable bonds is 9. The quantitative estimate of drug-likeness (QED) is 0.253. The van der Waals surface area contributed by atoms with Crippen molar-refractivity contribution in [3.8, 4) is 28.5 Å². The third-order valence-corrected chi connectivity index (χ3v) is 4.88. The molecule has 0 spiro atoms. The Morgan fingerprint density at radius 2 is 1.85 bits per heavy atom. The maximum Gasteiger partial charge on any atom is 0.289 e. The highest BCUT2D eigenvalue weighted by atomic mass is 16.5. The van der Waals surface area contributed by atoms with Crippen LogP contribution in [0.25, 0.3) is 11.3 Å². The Hall–Kier alpha value is -4.59. The molecule has 0 unspecified atom stereocenters. The van der Waals surface area contributed by atoms with E-state index in [1.54, 1.807) is 18.2 Å². The first kappa shape index (κ1) is 22.6. The number of phenols is 1. The zero-order valence-corrected chi connectivity index (χ0v) is 18.6. The molecule has 0 radical (unpaired) electrons. The summed E-state index contributed by atoms with van der Waals surface area (Å²) in [4.78, 5) is 12.4. The van der Waals surface area contributed by atoms with Crippen molar-refractivity contribution < 1.29 is 19.4 Å². The fraction of sp³-hybridized carbons (Fsp3) is 0.115. The first-order valence-electron chi connectivity index (χ1n) is 10.7. The molecule has 0 bridgehead atoms. The average molecular weight is 457 g/mol. The molecule has 0 atom stereocenters. The van der Waals surface area contributed by atoms with Crippen molar-refractivity contribution in [1.82, 2.24) is 15.6 Å². The first-order valence-corrected chi connectivity index (χ1v) is 10.7. The zero-order valence-electron chi connectivity index (χ0n) is 18.6. The number of carbonyl (C=O) groups excluding carboxylic acids is 1. The zero-order chi connectivity index (χ0) is 23.8. The molecule has 4 aromatic rings. The molecule has 8 nitrogen and oxygen atoms in total. The predicted molar refractivity (Wildman–Crippen MR) is 129 cm³/mol. The summed E-state index contributed by atoms with van der Waals surface area (Å²) in [5.74, 6) is 0.718. The van der Waals surface area contributed by atoms with Gasteiger partial charge in [-0.25, -0.2) is 5.43 Å². The minimum Gasteiger partial charge on any atom is -0.504 e. The molecule has 0 saturated heterocycles. The summed E-state index contributed by atoms with van der Waals surface area (Å²) in [6, 6.07) is 23.9. The van der Waals surface area contributed by atoms with Gasteiger partial charge >= 0.3 is 0 Å². The third-order valence-electron chi connectivity index (χ3n) is 4.88. The molecular formula is C26H24N4O4. The highest BCUT2D eigenvalue weighted by molar-refractivity contribution is 5.94. The van der Waals surface area contributed by atoms with E-state index >= 15 is 0 Å². The second-order valence-electron chi connectivity index (χ2n) is 7.32. The van der Waals surface area contributed by atoms with Gasteiger partial charge in [-0.15, -0.1) is 0 Å². The number of hydrazone groups is 1. The summed E-state index contributed by atoms with van der Waals surface area (Å²) < 4.78 is 11.1. The lowest BCUT2D eigenvalue weighted by molar-refractivity contribution is 0.0950. The SMILES string of the molecule is CCOc1cc(/C=N/NC(=O)c2cc(-c3ccc(OCc4ccccc4)cc3)n[nH]2)ccc1O. The number of nitrogens with one attached hydrogen (secondary N) is 2. The number of ether oxygens (including phenoxy) is 2. The van der Waals surface area contributed by atoms with Gasteiger partial charge in [0.1, 0.15) is 18.1 Å². The lowest BCUT2D eigenvalue weighted by Crippen LogP contribution is -2.18. The Morgan fingerprint density at radius 1 is 1.06 bits per heavy atom. The first-order chi connectivity index (χ1) is 16.6. The molecule has 1 heterocycles. The van der Waals surface area contributed by atoms with E-state index in [1.807, 2.05) is 61.5 Å². The monoisotopic (exact) mass is 456 g/mol. The van der Waals surface area contributed by atoms with Crippen molar-refractivity contribution >= 4 is 12.1 Å². The number of aromatic amines is 1. The van der Waals surface area contributed by atoms with E-state index in [9.17, 15) is 9.90 Å². The van der Waals surface area contributed by atoms with Gasteiger partial charge in [0.15, 0.2) is 11.5 Å². The second-order valence-corrected chi connectivity index (χ2v) is 7.32. The van der Waals surface area contributed by atoms with Crippen LogP contribution in [0.5, 0.6) is 17.2 Å². The van der Waals surface area contributed by atoms with E-state index in [-0.39, 0.29) is 11.4 Å². The maximum absolute atomic E-state index is 12.4. The molecule has 1 amide bonds. The van der Waals surface area contributed by atoms with Crippen molar-refractivity contribution in [2.75, 3.05) is 6.61 Å². The minimum atomic E-state index is -0.429. The number of aromatic hydroxyl groups is 1. The molecule has 0 saturated carbocycles. The summed E-state index contributed by atoms with van der Waals surface area (Å²) in [6.07, 6.45) is 1.46. The molecule has 8 heteroatoms. The molecule has 0 aliphatic rings. The number of amides is 1. The van der Waals surface area contributed by atoms with Gasteiger partial charge in [-0.3, -0.25) is 9.89 Å². The van der Waals surface area contributed by atoms with E-state index in [2.05, 4.69) is 20.7 Å². The van der Waals surface area contributed by atoms with E-state index in [1.165, 1.54) is 12.3 Å². The van der Waals surface area contributed by atoms with Crippen LogP contribution in [-0.2, 0) is 6.61 Å². The van der Waals surface area contributed by atoms with Crippen LogP contribution >= 0.6 is 0 Å². The Balaban J connectivity index is 1.34. The van der Waals surface area contributed by atoms with Gasteiger partial charge < -0.3 is 14.6 Å². The van der Waals surface area contributed by atoms with Crippen molar-refractivity contribution in [3.05, 3.63) is 95.7 Å². The van der Waals surface area contributed by atoms with Crippen molar-refractivity contribution in [3.63, 3.8) is 0 Å². The summed E-state index contributed by atoms with van der Waals surface area (Å²) in [5, 5.41) is 20.7. The van der Waals surface area contributed by atoms with Crippen LogP contribution in [0, 0.1) is 0 Å². The fourth-order valence-electron chi connectivity index (χ4n) is 3.16. The van der Waals surface area contributed by atoms with Crippen LogP contribution in [-0.4, -0.2) is 34.0 Å².